The van der Waals surface area contributed by atoms with E-state index in [2.05, 4.69) is 24.3 Å². The maximum atomic E-state index is 11.7. The lowest BCUT2D eigenvalue weighted by Crippen LogP contribution is -2.30. The third-order valence-electron chi connectivity index (χ3n) is 3.57. The zero-order chi connectivity index (χ0) is 11.1. The van der Waals surface area contributed by atoms with Crippen molar-refractivity contribution in [2.75, 3.05) is 6.54 Å². The highest BCUT2D eigenvalue weighted by molar-refractivity contribution is 5.80. The first-order chi connectivity index (χ1) is 7.75. The van der Waals surface area contributed by atoms with Gasteiger partial charge in [-0.25, -0.2) is 0 Å². The van der Waals surface area contributed by atoms with Crippen LogP contribution in [0.3, 0.4) is 0 Å². The molecule has 1 aromatic carbocycles. The number of hydrogen-bond donors (Lipinski definition) is 1. The van der Waals surface area contributed by atoms with E-state index in [9.17, 15) is 4.79 Å². The summed E-state index contributed by atoms with van der Waals surface area (Å²) >= 11 is 0. The Bertz CT molecular complexity index is 404. The second kappa shape index (κ2) is 3.59. The Balaban J connectivity index is 1.71. The number of rotatable bonds is 2. The summed E-state index contributed by atoms with van der Waals surface area (Å²) in [5, 5.41) is 0. The highest BCUT2D eigenvalue weighted by Gasteiger charge is 2.47. The minimum atomic E-state index is 0.0459. The van der Waals surface area contributed by atoms with Crippen molar-refractivity contribution in [3.63, 3.8) is 0 Å². The van der Waals surface area contributed by atoms with E-state index < -0.39 is 0 Å². The lowest BCUT2D eigenvalue weighted by molar-refractivity contribution is -0.128. The molecule has 1 amide bonds. The standard InChI is InChI=1S/C13H16N2O/c14-10-6-13(16)15(8-10)12-7-11(12)9-4-2-1-3-5-9/h1-5,10-12H,6-8,14H2/t10-,11+,12-/m1/s1. The van der Waals surface area contributed by atoms with Crippen LogP contribution in [0.5, 0.6) is 0 Å². The molecule has 2 N–H and O–H groups in total. The van der Waals surface area contributed by atoms with Crippen LogP contribution in [-0.2, 0) is 4.79 Å². The number of likely N-dealkylation sites (tertiary alicyclic amines) is 1. The van der Waals surface area contributed by atoms with Crippen LogP contribution in [-0.4, -0.2) is 29.4 Å². The van der Waals surface area contributed by atoms with E-state index in [1.807, 2.05) is 11.0 Å². The van der Waals surface area contributed by atoms with Gasteiger partial charge in [-0.1, -0.05) is 30.3 Å². The monoisotopic (exact) mass is 216 g/mol. The number of nitrogens with two attached hydrogens (primary N) is 1. The molecule has 1 aliphatic carbocycles. The predicted octanol–water partition coefficient (Wildman–Crippen LogP) is 1.10. The fourth-order valence-corrected chi connectivity index (χ4v) is 2.67. The van der Waals surface area contributed by atoms with Crippen molar-refractivity contribution < 1.29 is 4.79 Å². The molecule has 2 fully saturated rings. The van der Waals surface area contributed by atoms with Crippen LogP contribution in [0.25, 0.3) is 0 Å². The van der Waals surface area contributed by atoms with Crippen molar-refractivity contribution in [2.24, 2.45) is 5.73 Å². The smallest absolute Gasteiger partial charge is 0.224 e. The Morgan fingerprint density at radius 3 is 2.62 bits per heavy atom. The summed E-state index contributed by atoms with van der Waals surface area (Å²) in [7, 11) is 0. The molecule has 3 rings (SSSR count). The van der Waals surface area contributed by atoms with Crippen molar-refractivity contribution in [1.29, 1.82) is 0 Å². The summed E-state index contributed by atoms with van der Waals surface area (Å²) in [6, 6.07) is 10.9. The SMILES string of the molecule is N[C@@H]1CC(=O)N([C@@H]2C[C@H]2c2ccccc2)C1. The number of carbonyl (C=O) groups excluding carboxylic acids is 1. The zero-order valence-corrected chi connectivity index (χ0v) is 9.17. The van der Waals surface area contributed by atoms with E-state index in [-0.39, 0.29) is 11.9 Å². The minimum Gasteiger partial charge on any atom is -0.337 e. The quantitative estimate of drug-likeness (QED) is 0.804. The first-order valence-corrected chi connectivity index (χ1v) is 5.85. The second-order valence-electron chi connectivity index (χ2n) is 4.83. The van der Waals surface area contributed by atoms with Gasteiger partial charge in [0.25, 0.3) is 0 Å². The largest absolute Gasteiger partial charge is 0.337 e. The third-order valence-corrected chi connectivity index (χ3v) is 3.57. The molecule has 3 atom stereocenters. The van der Waals surface area contributed by atoms with Crippen molar-refractivity contribution in [1.82, 2.24) is 4.90 Å². The molecule has 16 heavy (non-hydrogen) atoms. The highest BCUT2D eigenvalue weighted by Crippen LogP contribution is 2.45. The number of hydrogen-bond acceptors (Lipinski definition) is 2. The van der Waals surface area contributed by atoms with Crippen molar-refractivity contribution >= 4 is 5.91 Å². The van der Waals surface area contributed by atoms with Gasteiger partial charge in [-0.2, -0.15) is 0 Å². The van der Waals surface area contributed by atoms with Gasteiger partial charge in [0.1, 0.15) is 0 Å². The highest BCUT2D eigenvalue weighted by atomic mass is 16.2. The maximum absolute atomic E-state index is 11.7. The molecular formula is C13H16N2O. The van der Waals surface area contributed by atoms with E-state index in [0.29, 0.717) is 18.4 Å². The van der Waals surface area contributed by atoms with Gasteiger partial charge >= 0.3 is 0 Å². The third kappa shape index (κ3) is 1.61. The summed E-state index contributed by atoms with van der Waals surface area (Å²) in [5.41, 5.74) is 7.15. The van der Waals surface area contributed by atoms with Crippen molar-refractivity contribution in [3.8, 4) is 0 Å². The van der Waals surface area contributed by atoms with Gasteiger partial charge in [0, 0.05) is 31.0 Å². The molecular weight excluding hydrogens is 200 g/mol. The van der Waals surface area contributed by atoms with Crippen LogP contribution in [0.15, 0.2) is 30.3 Å². The van der Waals surface area contributed by atoms with Crippen LogP contribution < -0.4 is 5.73 Å². The summed E-state index contributed by atoms with van der Waals surface area (Å²) in [4.78, 5) is 13.7. The van der Waals surface area contributed by atoms with E-state index in [1.54, 1.807) is 0 Å². The van der Waals surface area contributed by atoms with Crippen molar-refractivity contribution in [2.45, 2.75) is 30.8 Å². The topological polar surface area (TPSA) is 46.3 Å². The van der Waals surface area contributed by atoms with Crippen LogP contribution in [0.1, 0.15) is 24.3 Å². The summed E-state index contributed by atoms with van der Waals surface area (Å²) in [5.74, 6) is 0.770. The molecule has 0 radical (unpaired) electrons. The van der Waals surface area contributed by atoms with E-state index in [1.165, 1.54) is 5.56 Å². The second-order valence-corrected chi connectivity index (χ2v) is 4.83. The molecule has 1 aliphatic heterocycles. The molecule has 1 saturated heterocycles. The number of benzene rings is 1. The van der Waals surface area contributed by atoms with E-state index in [0.717, 1.165) is 13.0 Å². The molecule has 0 spiro atoms. The molecule has 0 unspecified atom stereocenters. The van der Waals surface area contributed by atoms with Crippen molar-refractivity contribution in [3.05, 3.63) is 35.9 Å². The summed E-state index contributed by atoms with van der Waals surface area (Å²) in [6.45, 7) is 0.743. The molecule has 1 saturated carbocycles. The average Bonchev–Trinajstić information content (AvgIpc) is 3.00. The first-order valence-electron chi connectivity index (χ1n) is 5.85. The Kier molecular flexibility index (Phi) is 2.21. The van der Waals surface area contributed by atoms with E-state index >= 15 is 0 Å². The summed E-state index contributed by atoms with van der Waals surface area (Å²) < 4.78 is 0. The molecule has 3 heteroatoms. The Labute approximate surface area is 95.2 Å². The first kappa shape index (κ1) is 9.85. The van der Waals surface area contributed by atoms with Gasteiger partial charge in [-0.05, 0) is 12.0 Å². The lowest BCUT2D eigenvalue weighted by atomic mass is 10.1. The number of amides is 1. The normalized spacial score (nSPS) is 33.2. The molecule has 0 aromatic heterocycles. The fourth-order valence-electron chi connectivity index (χ4n) is 2.67. The van der Waals surface area contributed by atoms with Crippen LogP contribution in [0.2, 0.25) is 0 Å². The molecule has 0 bridgehead atoms. The fraction of sp³-hybridized carbons (Fsp3) is 0.462. The van der Waals surface area contributed by atoms with Gasteiger partial charge in [0.05, 0.1) is 0 Å². The van der Waals surface area contributed by atoms with Gasteiger partial charge in [-0.15, -0.1) is 0 Å². The number of nitrogens with zero attached hydrogens (tertiary/aromatic N) is 1. The number of carbonyl (C=O) groups is 1. The predicted molar refractivity (Wildman–Crippen MR) is 61.9 cm³/mol. The molecule has 1 aromatic rings. The lowest BCUT2D eigenvalue weighted by Gasteiger charge is -2.15. The van der Waals surface area contributed by atoms with Crippen LogP contribution in [0.4, 0.5) is 0 Å². The molecule has 3 nitrogen and oxygen atoms in total. The summed E-state index contributed by atoms with van der Waals surface area (Å²) in [6.07, 6.45) is 1.63. The van der Waals surface area contributed by atoms with Crippen LogP contribution >= 0.6 is 0 Å². The molecule has 84 valence electrons. The van der Waals surface area contributed by atoms with E-state index in [4.69, 9.17) is 5.73 Å². The van der Waals surface area contributed by atoms with Crippen LogP contribution in [0, 0.1) is 0 Å². The Morgan fingerprint density at radius 1 is 1.25 bits per heavy atom. The van der Waals surface area contributed by atoms with Gasteiger partial charge in [0.2, 0.25) is 5.91 Å². The maximum Gasteiger partial charge on any atom is 0.224 e. The zero-order valence-electron chi connectivity index (χ0n) is 9.17. The van der Waals surface area contributed by atoms with Gasteiger partial charge in [0.15, 0.2) is 0 Å². The Hall–Kier alpha value is -1.35. The Morgan fingerprint density at radius 2 is 2.00 bits per heavy atom. The minimum absolute atomic E-state index is 0.0459. The van der Waals surface area contributed by atoms with Gasteiger partial charge < -0.3 is 10.6 Å². The molecule has 2 aliphatic rings. The van der Waals surface area contributed by atoms with Gasteiger partial charge in [-0.3, -0.25) is 4.79 Å². The molecule has 1 heterocycles. The average molecular weight is 216 g/mol.